The molecule has 4 atom stereocenters. The van der Waals surface area contributed by atoms with Gasteiger partial charge in [-0.05, 0) is 159 Å². The highest BCUT2D eigenvalue weighted by molar-refractivity contribution is 5.90. The summed E-state index contributed by atoms with van der Waals surface area (Å²) in [6.07, 6.45) is -22.2. The van der Waals surface area contributed by atoms with E-state index in [0.717, 1.165) is 13.2 Å². The number of aromatic amines is 2. The molecule has 86 heavy (non-hydrogen) atoms. The topological polar surface area (TPSA) is 209 Å². The fourth-order valence-electron chi connectivity index (χ4n) is 10.9. The Morgan fingerprint density at radius 3 is 1.45 bits per heavy atom. The van der Waals surface area contributed by atoms with E-state index >= 15 is 0 Å². The van der Waals surface area contributed by atoms with Gasteiger partial charge in [0.15, 0.2) is 0 Å². The fourth-order valence-corrected chi connectivity index (χ4v) is 10.9. The van der Waals surface area contributed by atoms with Crippen molar-refractivity contribution in [3.8, 4) is 22.6 Å². The summed E-state index contributed by atoms with van der Waals surface area (Å²) in [7, 11) is 2.32. The molecule has 3 aromatic carbocycles. The van der Waals surface area contributed by atoms with E-state index in [2.05, 4.69) is 9.97 Å². The van der Waals surface area contributed by atoms with Crippen LogP contribution in [0.15, 0.2) is 72.8 Å². The SMILES string of the molecule is CCc1c(C)c2[nH]c1cc1nc(cc3[nH]c(cc4nc(c2-c2cc(OCc5cc(C(F)(F)F)cc(C(F)(F)F)c5)cc(OCc5cc(C(F)(F)F)cc(C(F)(F)F)c5)c2)C(C)(O)C4(O)CC)c(C)c3CCC(=O)OC)C(O)(CCC(=O)OC)C1(C)O. The lowest BCUT2D eigenvalue weighted by Gasteiger charge is -2.35. The van der Waals surface area contributed by atoms with Crippen LogP contribution in [0.25, 0.3) is 33.2 Å². The van der Waals surface area contributed by atoms with Gasteiger partial charge in [-0.1, -0.05) is 13.8 Å². The summed E-state index contributed by atoms with van der Waals surface area (Å²) in [5.41, 5.74) is -16.3. The minimum atomic E-state index is -5.28. The molecule has 26 heteroatoms. The van der Waals surface area contributed by atoms with Gasteiger partial charge in [0.1, 0.15) is 47.1 Å². The predicted molar refractivity (Wildman–Crippen MR) is 286 cm³/mol. The van der Waals surface area contributed by atoms with Crippen molar-refractivity contribution in [3.05, 3.63) is 151 Å². The Morgan fingerprint density at radius 1 is 0.535 bits per heavy atom. The summed E-state index contributed by atoms with van der Waals surface area (Å²) in [6, 6.07) is 9.00. The minimum absolute atomic E-state index is 0.000596. The number of aromatic nitrogens is 4. The molecule has 14 nitrogen and oxygen atoms in total. The van der Waals surface area contributed by atoms with Crippen LogP contribution in [0, 0.1) is 13.8 Å². The van der Waals surface area contributed by atoms with Crippen molar-refractivity contribution < 1.29 is 102 Å². The molecule has 4 unspecified atom stereocenters. The monoisotopic (exact) mass is 1220 g/mol. The zero-order valence-corrected chi connectivity index (χ0v) is 47.3. The molecular formula is C60H58F12N4O10. The van der Waals surface area contributed by atoms with E-state index in [1.54, 1.807) is 20.8 Å². The lowest BCUT2D eigenvalue weighted by atomic mass is 9.78. The molecule has 0 amide bonds. The number of aliphatic hydroxyl groups is 4. The summed E-state index contributed by atoms with van der Waals surface area (Å²) in [6.45, 7) is 6.96. The van der Waals surface area contributed by atoms with Gasteiger partial charge in [-0.2, -0.15) is 52.7 Å². The second-order valence-corrected chi connectivity index (χ2v) is 21.4. The first-order valence-electron chi connectivity index (χ1n) is 26.6. The number of methoxy groups -OCH3 is 2. The largest absolute Gasteiger partial charge is 0.489 e. The zero-order chi connectivity index (χ0) is 63.7. The number of nitrogens with one attached hydrogen (secondary N) is 2. The molecule has 0 spiro atoms. The number of hydrogen-bond donors (Lipinski definition) is 6. The van der Waals surface area contributed by atoms with Crippen LogP contribution in [0.3, 0.4) is 0 Å². The Labute approximate surface area is 482 Å². The van der Waals surface area contributed by atoms with Gasteiger partial charge in [0.25, 0.3) is 0 Å². The second-order valence-electron chi connectivity index (χ2n) is 21.4. The van der Waals surface area contributed by atoms with Crippen molar-refractivity contribution in [1.82, 2.24) is 19.9 Å². The highest BCUT2D eigenvalue weighted by atomic mass is 19.4. The lowest BCUT2D eigenvalue weighted by Crippen LogP contribution is -2.44. The summed E-state index contributed by atoms with van der Waals surface area (Å²) in [5.74, 6) is -2.23. The quantitative estimate of drug-likeness (QED) is 0.0419. The van der Waals surface area contributed by atoms with E-state index in [4.69, 9.17) is 28.9 Å². The van der Waals surface area contributed by atoms with Crippen molar-refractivity contribution >= 4 is 34.0 Å². The Hall–Kier alpha value is -7.68. The smallest absolute Gasteiger partial charge is 0.416 e. The molecule has 8 rings (SSSR count). The van der Waals surface area contributed by atoms with Gasteiger partial charge in [0.2, 0.25) is 0 Å². The number of alkyl halides is 12. The highest BCUT2D eigenvalue weighted by Gasteiger charge is 2.56. The molecule has 0 saturated heterocycles. The van der Waals surface area contributed by atoms with Gasteiger partial charge in [-0.25, -0.2) is 0 Å². The van der Waals surface area contributed by atoms with Crippen LogP contribution in [-0.4, -0.2) is 66.5 Å². The van der Waals surface area contributed by atoms with E-state index in [9.17, 15) is 82.7 Å². The summed E-state index contributed by atoms with van der Waals surface area (Å²) < 4.78 is 191. The Bertz CT molecular complexity index is 3650. The standard InChI is InChI=1S/C60H58F12N4O10/c1-9-40-30(4)51-50(33-19-38(85-27-31-15-34(57(61,62)63)21-35(16-31)58(64,65)66)23-39(20-33)86-28-32-17-36(59(67,68)69)22-37(18-32)60(70,71)72)52-54(6,80)55(81,10-2)46(76-52)24-42-29(3)41(11-12-48(77)83-7)44(73-42)26-47-56(82,14-13-49(78)84-8)53(5,79)45(75-47)25-43(40)74-51/h15-26,73-74,79-82H,9-14,27-28H2,1-8H3. The number of halogens is 12. The second kappa shape index (κ2) is 22.9. The molecule has 5 heterocycles. The van der Waals surface area contributed by atoms with Crippen molar-refractivity contribution in [2.24, 2.45) is 0 Å². The zero-order valence-electron chi connectivity index (χ0n) is 47.3. The Morgan fingerprint density at radius 2 is 0.988 bits per heavy atom. The summed E-state index contributed by atoms with van der Waals surface area (Å²) >= 11 is 0. The molecule has 0 fully saturated rings. The number of aryl methyl sites for hydroxylation is 4. The van der Waals surface area contributed by atoms with Crippen LogP contribution in [0.2, 0.25) is 0 Å². The number of benzene rings is 3. The molecule has 0 aliphatic carbocycles. The number of carbonyl (C=O) groups is 2. The number of esters is 2. The van der Waals surface area contributed by atoms with Crippen LogP contribution in [0.4, 0.5) is 52.7 Å². The molecule has 6 N–H and O–H groups in total. The van der Waals surface area contributed by atoms with Gasteiger partial charge in [-0.3, -0.25) is 19.6 Å². The van der Waals surface area contributed by atoms with Crippen molar-refractivity contribution in [3.63, 3.8) is 0 Å². The molecule has 0 saturated carbocycles. The number of nitrogens with zero attached hydrogens (tertiary/aromatic N) is 2. The average molecular weight is 1220 g/mol. The number of H-pyrrole nitrogens is 2. The number of carbonyl (C=O) groups excluding carboxylic acids is 2. The molecule has 0 radical (unpaired) electrons. The molecule has 462 valence electrons. The van der Waals surface area contributed by atoms with Crippen molar-refractivity contribution in [2.75, 3.05) is 14.2 Å². The summed E-state index contributed by atoms with van der Waals surface area (Å²) in [5, 5.41) is 51.3. The van der Waals surface area contributed by atoms with Gasteiger partial charge in [0.05, 0.1) is 64.8 Å². The summed E-state index contributed by atoms with van der Waals surface area (Å²) in [4.78, 5) is 41.5. The Kier molecular flexibility index (Phi) is 17.1. The molecule has 3 aromatic heterocycles. The Balaban J connectivity index is 1.49. The number of ether oxygens (including phenoxy) is 4. The minimum Gasteiger partial charge on any atom is -0.489 e. The first kappa shape index (κ1) is 64.3. The maximum atomic E-state index is 14.1. The van der Waals surface area contributed by atoms with Crippen LogP contribution >= 0.6 is 0 Å². The lowest BCUT2D eigenvalue weighted by molar-refractivity contribution is -0.160. The highest BCUT2D eigenvalue weighted by Crippen LogP contribution is 2.52. The number of hydrogen-bond acceptors (Lipinski definition) is 12. The predicted octanol–water partition coefficient (Wildman–Crippen LogP) is 13.1. The van der Waals surface area contributed by atoms with Gasteiger partial charge in [-0.15, -0.1) is 0 Å². The molecule has 6 aromatic rings. The van der Waals surface area contributed by atoms with Crippen LogP contribution in [-0.2, 0) is 92.2 Å². The maximum Gasteiger partial charge on any atom is 0.416 e. The van der Waals surface area contributed by atoms with Gasteiger partial charge in [0, 0.05) is 41.0 Å². The fraction of sp³-hybridized carbons (Fsp3) is 0.400. The van der Waals surface area contributed by atoms with Crippen LogP contribution in [0.1, 0.15) is 132 Å². The average Bonchev–Trinajstić information content (AvgIpc) is 1.57. The first-order chi connectivity index (χ1) is 39.8. The molecule has 2 aliphatic heterocycles. The van der Waals surface area contributed by atoms with Gasteiger partial charge >= 0.3 is 36.6 Å². The van der Waals surface area contributed by atoms with Crippen LogP contribution in [0.5, 0.6) is 11.5 Å². The molecule has 8 bridgehead atoms. The van der Waals surface area contributed by atoms with E-state index in [-0.39, 0.29) is 93.8 Å². The van der Waals surface area contributed by atoms with Crippen molar-refractivity contribution in [1.29, 1.82) is 0 Å². The normalized spacial score (nSPS) is 20.0. The first-order valence-corrected chi connectivity index (χ1v) is 26.6. The third-order valence-electron chi connectivity index (χ3n) is 15.9. The molecular weight excluding hydrogens is 1160 g/mol. The van der Waals surface area contributed by atoms with E-state index in [1.165, 1.54) is 58.2 Å². The van der Waals surface area contributed by atoms with Gasteiger partial charge < -0.3 is 49.3 Å². The molecule has 2 aliphatic rings. The van der Waals surface area contributed by atoms with E-state index < -0.39 is 130 Å². The third-order valence-corrected chi connectivity index (χ3v) is 15.9. The number of rotatable bonds is 15. The van der Waals surface area contributed by atoms with E-state index in [1.807, 2.05) is 0 Å². The van der Waals surface area contributed by atoms with E-state index in [0.29, 0.717) is 46.5 Å². The number of fused-ring (bicyclic) bond motifs is 8. The maximum absolute atomic E-state index is 14.1. The van der Waals surface area contributed by atoms with Crippen molar-refractivity contribution in [2.45, 2.75) is 140 Å². The third kappa shape index (κ3) is 12.2. The van der Waals surface area contributed by atoms with Crippen LogP contribution < -0.4 is 9.47 Å².